The maximum atomic E-state index is 15.5. The molecule has 7 nitrogen and oxygen atoms in total. The summed E-state index contributed by atoms with van der Waals surface area (Å²) in [5.41, 5.74) is -1.83. The molecule has 2 aromatic rings. The lowest BCUT2D eigenvalue weighted by atomic mass is 9.63. The average Bonchev–Trinajstić information content (AvgIpc) is 3.12. The van der Waals surface area contributed by atoms with Crippen molar-refractivity contribution in [3.05, 3.63) is 69.2 Å². The number of carbonyl (C=O) groups is 1. The molecule has 2 aromatic carbocycles. The minimum atomic E-state index is -1.73. The van der Waals surface area contributed by atoms with Crippen LogP contribution in [0.5, 0.6) is 0 Å². The van der Waals surface area contributed by atoms with E-state index in [0.717, 1.165) is 12.1 Å². The topological polar surface area (TPSA) is 115 Å². The molecule has 206 valence electrons. The van der Waals surface area contributed by atoms with Gasteiger partial charge in [-0.1, -0.05) is 56.1 Å². The van der Waals surface area contributed by atoms with Crippen LogP contribution in [-0.2, 0) is 10.2 Å². The second-order valence-corrected chi connectivity index (χ2v) is 11.5. The van der Waals surface area contributed by atoms with Gasteiger partial charge >= 0.3 is 6.09 Å². The van der Waals surface area contributed by atoms with Crippen LogP contribution in [-0.4, -0.2) is 47.8 Å². The molecule has 0 aromatic heterocycles. The van der Waals surface area contributed by atoms with Crippen LogP contribution in [0.15, 0.2) is 36.4 Å². The number of hydrogen-bond donors (Lipinski definition) is 4. The Kier molecular flexibility index (Phi) is 9.61. The molecule has 5 atom stereocenters. The Morgan fingerprint density at radius 1 is 1.26 bits per heavy atom. The first-order chi connectivity index (χ1) is 17.8. The van der Waals surface area contributed by atoms with Gasteiger partial charge < -0.3 is 20.3 Å². The highest BCUT2D eigenvalue weighted by Gasteiger charge is 2.60. The van der Waals surface area contributed by atoms with E-state index in [0.29, 0.717) is 17.0 Å². The predicted molar refractivity (Wildman–Crippen MR) is 140 cm³/mol. The molecule has 0 spiro atoms. The van der Waals surface area contributed by atoms with Crippen molar-refractivity contribution in [2.75, 3.05) is 13.2 Å². The van der Waals surface area contributed by atoms with E-state index in [4.69, 9.17) is 33.0 Å². The van der Waals surface area contributed by atoms with Crippen molar-refractivity contribution in [2.45, 2.75) is 63.3 Å². The summed E-state index contributed by atoms with van der Waals surface area (Å²) in [4.78, 5) is 12.7. The van der Waals surface area contributed by atoms with Gasteiger partial charge in [-0.15, -0.1) is 0 Å². The molecule has 4 N–H and O–H groups in total. The number of ether oxygens (including phenoxy) is 1. The molecular weight excluding hydrogens is 539 g/mol. The second kappa shape index (κ2) is 12.1. The van der Waals surface area contributed by atoms with Crippen LogP contribution in [0.3, 0.4) is 0 Å². The molecule has 1 aliphatic heterocycles. The van der Waals surface area contributed by atoms with Crippen LogP contribution in [0.1, 0.15) is 50.7 Å². The molecule has 1 fully saturated rings. The first kappa shape index (κ1) is 30.1. The van der Waals surface area contributed by atoms with Crippen LogP contribution < -0.4 is 10.6 Å². The molecule has 0 aliphatic carbocycles. The summed E-state index contributed by atoms with van der Waals surface area (Å²) < 4.78 is 36.0. The molecule has 0 unspecified atom stereocenters. The third-order valence-electron chi connectivity index (χ3n) is 6.56. The fraction of sp³-hybridized carbons (Fsp3) is 0.481. The van der Waals surface area contributed by atoms with Gasteiger partial charge in [0.05, 0.1) is 29.7 Å². The van der Waals surface area contributed by atoms with E-state index in [1.165, 1.54) is 0 Å². The van der Waals surface area contributed by atoms with E-state index < -0.39 is 59.1 Å². The molecule has 1 saturated heterocycles. The number of nitrogens with one attached hydrogen (secondary N) is 2. The largest absolute Gasteiger partial charge is 0.430 e. The molecule has 1 aliphatic rings. The van der Waals surface area contributed by atoms with Gasteiger partial charge in [0.15, 0.2) is 6.23 Å². The Morgan fingerprint density at radius 3 is 2.58 bits per heavy atom. The number of aliphatic hydroxyl groups is 2. The first-order valence-corrected chi connectivity index (χ1v) is 12.9. The maximum Gasteiger partial charge on any atom is 0.408 e. The maximum absolute atomic E-state index is 15.5. The molecule has 11 heteroatoms. The molecule has 38 heavy (non-hydrogen) atoms. The third kappa shape index (κ3) is 6.56. The standard InChI is InChI=1S/C27H31Cl2F2N3O4/c1-26(2,3)12-22-27(14-32,18-10-21(31)19(29)11-20(18)30)23(15-5-4-6-16(28)9-15)24(34-22)38-25(37)33-8-7-17(36)13-35/h4-6,9-11,17,22-24,34-36H,7-8,12-13H2,1-3H3,(H,33,37)/t17-,22-,23-,24+,27-/m0/s1. The number of benzene rings is 2. The fourth-order valence-corrected chi connectivity index (χ4v) is 5.29. The Labute approximate surface area is 230 Å². The van der Waals surface area contributed by atoms with Crippen molar-refractivity contribution in [1.29, 1.82) is 5.26 Å². The highest BCUT2D eigenvalue weighted by Crippen LogP contribution is 2.52. The fourth-order valence-electron chi connectivity index (χ4n) is 4.95. The van der Waals surface area contributed by atoms with Gasteiger partial charge in [-0.25, -0.2) is 13.6 Å². The SMILES string of the molecule is CC(C)(C)C[C@@H]1N[C@H](OC(=O)NCC[C@H](O)CO)[C@H](c2cccc(Cl)c2)[C@@]1(C#N)c1cc(F)c(Cl)cc1F. The highest BCUT2D eigenvalue weighted by molar-refractivity contribution is 6.31. The van der Waals surface area contributed by atoms with Crippen LogP contribution >= 0.6 is 23.2 Å². The molecular formula is C27H31Cl2F2N3O4. The van der Waals surface area contributed by atoms with Gasteiger partial charge in [0, 0.05) is 23.2 Å². The number of aliphatic hydroxyl groups excluding tert-OH is 2. The summed E-state index contributed by atoms with van der Waals surface area (Å²) >= 11 is 12.1. The zero-order chi connectivity index (χ0) is 28.3. The molecule has 0 saturated carbocycles. The van der Waals surface area contributed by atoms with Crippen molar-refractivity contribution in [3.8, 4) is 6.07 Å². The van der Waals surface area contributed by atoms with Gasteiger partial charge in [-0.3, -0.25) is 5.32 Å². The lowest BCUT2D eigenvalue weighted by Crippen LogP contribution is -2.44. The Hall–Kier alpha value is -2.48. The zero-order valence-electron chi connectivity index (χ0n) is 21.3. The number of amides is 1. The summed E-state index contributed by atoms with van der Waals surface area (Å²) in [7, 11) is 0. The van der Waals surface area contributed by atoms with Gasteiger partial charge in [0.2, 0.25) is 0 Å². The monoisotopic (exact) mass is 569 g/mol. The van der Waals surface area contributed by atoms with Crippen molar-refractivity contribution < 1.29 is 28.5 Å². The van der Waals surface area contributed by atoms with Gasteiger partial charge in [0.25, 0.3) is 0 Å². The summed E-state index contributed by atoms with van der Waals surface area (Å²) in [5, 5.41) is 34.9. The molecule has 1 heterocycles. The van der Waals surface area contributed by atoms with E-state index in [2.05, 4.69) is 16.7 Å². The minimum absolute atomic E-state index is 0.0148. The number of hydrogen-bond acceptors (Lipinski definition) is 6. The van der Waals surface area contributed by atoms with Crippen LogP contribution in [0.2, 0.25) is 10.0 Å². The number of carbonyl (C=O) groups excluding carboxylic acids is 1. The Balaban J connectivity index is 2.15. The number of nitrogens with zero attached hydrogens (tertiary/aromatic N) is 1. The summed E-state index contributed by atoms with van der Waals surface area (Å²) in [6.45, 7) is 5.38. The smallest absolute Gasteiger partial charge is 0.408 e. The minimum Gasteiger partial charge on any atom is -0.430 e. The molecule has 3 rings (SSSR count). The normalized spacial score (nSPS) is 24.1. The quantitative estimate of drug-likeness (QED) is 0.332. The molecule has 0 bridgehead atoms. The van der Waals surface area contributed by atoms with E-state index in [-0.39, 0.29) is 23.9 Å². The number of rotatable bonds is 8. The van der Waals surface area contributed by atoms with E-state index in [1.807, 2.05) is 20.8 Å². The molecule has 0 radical (unpaired) electrons. The number of nitriles is 1. The summed E-state index contributed by atoms with van der Waals surface area (Å²) in [6.07, 6.45) is -2.58. The lowest BCUT2D eigenvalue weighted by Gasteiger charge is -2.37. The third-order valence-corrected chi connectivity index (χ3v) is 7.09. The zero-order valence-corrected chi connectivity index (χ0v) is 22.8. The van der Waals surface area contributed by atoms with E-state index >= 15 is 4.39 Å². The predicted octanol–water partition coefficient (Wildman–Crippen LogP) is 5.02. The van der Waals surface area contributed by atoms with E-state index in [9.17, 15) is 19.6 Å². The summed E-state index contributed by atoms with van der Waals surface area (Å²) in [5.74, 6) is -2.75. The summed E-state index contributed by atoms with van der Waals surface area (Å²) in [6, 6.07) is 9.81. The van der Waals surface area contributed by atoms with Crippen LogP contribution in [0.4, 0.5) is 13.6 Å². The van der Waals surface area contributed by atoms with Gasteiger partial charge in [-0.2, -0.15) is 5.26 Å². The van der Waals surface area contributed by atoms with Crippen molar-refractivity contribution in [2.24, 2.45) is 5.41 Å². The number of alkyl carbamates (subject to hydrolysis) is 1. The van der Waals surface area contributed by atoms with Gasteiger partial charge in [-0.05, 0) is 48.1 Å². The van der Waals surface area contributed by atoms with Crippen LogP contribution in [0, 0.1) is 28.4 Å². The Bertz CT molecular complexity index is 1200. The first-order valence-electron chi connectivity index (χ1n) is 12.1. The lowest BCUT2D eigenvalue weighted by molar-refractivity contribution is 0.0689. The average molecular weight is 570 g/mol. The highest BCUT2D eigenvalue weighted by atomic mass is 35.5. The van der Waals surface area contributed by atoms with Crippen molar-refractivity contribution >= 4 is 29.3 Å². The Morgan fingerprint density at radius 2 is 1.97 bits per heavy atom. The van der Waals surface area contributed by atoms with Gasteiger partial charge in [0.1, 0.15) is 17.0 Å². The van der Waals surface area contributed by atoms with Crippen LogP contribution in [0.25, 0.3) is 0 Å². The number of halogens is 4. The van der Waals surface area contributed by atoms with E-state index in [1.54, 1.807) is 24.3 Å². The van der Waals surface area contributed by atoms with Crippen molar-refractivity contribution in [3.63, 3.8) is 0 Å². The van der Waals surface area contributed by atoms with Crippen molar-refractivity contribution in [1.82, 2.24) is 10.6 Å². The molecule has 1 amide bonds. The second-order valence-electron chi connectivity index (χ2n) is 10.6.